The molecule has 2 rings (SSSR count). The molecular formula is C12H13BrClNO2. The average molecular weight is 319 g/mol. The SMILES string of the molecule is CC(Nc1ccc(Cl)c(Br)c1)(C(=O)O)C1CC1. The Labute approximate surface area is 113 Å². The first kappa shape index (κ1) is 12.7. The second kappa shape index (κ2) is 4.50. The fourth-order valence-electron chi connectivity index (χ4n) is 1.86. The molecule has 1 aliphatic carbocycles. The molecule has 1 aromatic rings. The summed E-state index contributed by atoms with van der Waals surface area (Å²) < 4.78 is 0.757. The van der Waals surface area contributed by atoms with E-state index in [4.69, 9.17) is 11.6 Å². The van der Waals surface area contributed by atoms with Crippen molar-refractivity contribution in [1.82, 2.24) is 0 Å². The highest BCUT2D eigenvalue weighted by molar-refractivity contribution is 9.10. The number of carboxylic acid groups (broad SMARTS) is 1. The summed E-state index contributed by atoms with van der Waals surface area (Å²) in [5.74, 6) is -0.611. The maximum Gasteiger partial charge on any atom is 0.329 e. The monoisotopic (exact) mass is 317 g/mol. The largest absolute Gasteiger partial charge is 0.480 e. The van der Waals surface area contributed by atoms with Gasteiger partial charge in [-0.1, -0.05) is 11.6 Å². The van der Waals surface area contributed by atoms with Crippen molar-refractivity contribution >= 4 is 39.2 Å². The van der Waals surface area contributed by atoms with Crippen molar-refractivity contribution in [3.63, 3.8) is 0 Å². The van der Waals surface area contributed by atoms with E-state index in [0.717, 1.165) is 23.0 Å². The molecule has 3 nitrogen and oxygen atoms in total. The van der Waals surface area contributed by atoms with E-state index in [2.05, 4.69) is 21.2 Å². The zero-order valence-electron chi connectivity index (χ0n) is 9.34. The lowest BCUT2D eigenvalue weighted by Crippen LogP contribution is -2.45. The van der Waals surface area contributed by atoms with Gasteiger partial charge in [-0.25, -0.2) is 4.79 Å². The first-order valence-corrected chi connectivity index (χ1v) is 6.57. The number of benzene rings is 1. The van der Waals surface area contributed by atoms with Gasteiger partial charge < -0.3 is 10.4 Å². The van der Waals surface area contributed by atoms with Gasteiger partial charge >= 0.3 is 5.97 Å². The molecule has 1 aromatic carbocycles. The number of anilines is 1. The molecule has 0 aliphatic heterocycles. The van der Waals surface area contributed by atoms with Crippen molar-refractivity contribution in [3.05, 3.63) is 27.7 Å². The summed E-state index contributed by atoms with van der Waals surface area (Å²) in [6.45, 7) is 1.73. The number of hydrogen-bond acceptors (Lipinski definition) is 2. The summed E-state index contributed by atoms with van der Waals surface area (Å²) in [6, 6.07) is 5.33. The highest BCUT2D eigenvalue weighted by atomic mass is 79.9. The second-order valence-corrected chi connectivity index (χ2v) is 5.80. The number of hydrogen-bond donors (Lipinski definition) is 2. The molecule has 0 radical (unpaired) electrons. The molecule has 92 valence electrons. The summed E-state index contributed by atoms with van der Waals surface area (Å²) in [7, 11) is 0. The Morgan fingerprint density at radius 1 is 1.59 bits per heavy atom. The first-order valence-electron chi connectivity index (χ1n) is 5.40. The van der Waals surface area contributed by atoms with Crippen molar-refractivity contribution in [2.45, 2.75) is 25.3 Å². The third-order valence-corrected chi connectivity index (χ3v) is 4.38. The van der Waals surface area contributed by atoms with Crippen LogP contribution < -0.4 is 5.32 Å². The van der Waals surface area contributed by atoms with Crippen LogP contribution in [0.4, 0.5) is 5.69 Å². The molecule has 0 aromatic heterocycles. The molecule has 0 heterocycles. The van der Waals surface area contributed by atoms with Crippen LogP contribution in [0.2, 0.25) is 5.02 Å². The lowest BCUT2D eigenvalue weighted by Gasteiger charge is -2.27. The van der Waals surface area contributed by atoms with E-state index < -0.39 is 11.5 Å². The smallest absolute Gasteiger partial charge is 0.329 e. The van der Waals surface area contributed by atoms with E-state index in [0.29, 0.717) is 5.02 Å². The van der Waals surface area contributed by atoms with E-state index in [9.17, 15) is 9.90 Å². The Bertz CT molecular complexity index is 462. The van der Waals surface area contributed by atoms with Gasteiger partial charge in [0.15, 0.2) is 0 Å². The van der Waals surface area contributed by atoms with Crippen LogP contribution in [0.5, 0.6) is 0 Å². The van der Waals surface area contributed by atoms with Crippen molar-refractivity contribution in [2.75, 3.05) is 5.32 Å². The molecular weight excluding hydrogens is 305 g/mol. The van der Waals surface area contributed by atoms with Gasteiger partial charge in [-0.15, -0.1) is 0 Å². The zero-order chi connectivity index (χ0) is 12.6. The van der Waals surface area contributed by atoms with E-state index in [1.54, 1.807) is 25.1 Å². The van der Waals surface area contributed by atoms with E-state index >= 15 is 0 Å². The summed E-state index contributed by atoms with van der Waals surface area (Å²) in [4.78, 5) is 11.4. The molecule has 2 N–H and O–H groups in total. The predicted molar refractivity (Wildman–Crippen MR) is 71.5 cm³/mol. The van der Waals surface area contributed by atoms with Crippen molar-refractivity contribution in [3.8, 4) is 0 Å². The molecule has 0 spiro atoms. The molecule has 0 amide bonds. The molecule has 17 heavy (non-hydrogen) atoms. The Hall–Kier alpha value is -0.740. The van der Waals surface area contributed by atoms with Crippen LogP contribution in [-0.4, -0.2) is 16.6 Å². The van der Waals surface area contributed by atoms with Gasteiger partial charge in [0.2, 0.25) is 0 Å². The Balaban J connectivity index is 2.23. The minimum Gasteiger partial charge on any atom is -0.480 e. The summed E-state index contributed by atoms with van der Waals surface area (Å²) in [5.41, 5.74) is -0.133. The Morgan fingerprint density at radius 3 is 2.71 bits per heavy atom. The normalized spacial score (nSPS) is 18.5. The number of nitrogens with one attached hydrogen (secondary N) is 1. The van der Waals surface area contributed by atoms with Crippen LogP contribution in [0, 0.1) is 5.92 Å². The number of rotatable bonds is 4. The van der Waals surface area contributed by atoms with Crippen molar-refractivity contribution in [1.29, 1.82) is 0 Å². The molecule has 1 atom stereocenters. The van der Waals surface area contributed by atoms with Crippen LogP contribution in [0.25, 0.3) is 0 Å². The van der Waals surface area contributed by atoms with Gasteiger partial charge in [0.05, 0.1) is 5.02 Å². The van der Waals surface area contributed by atoms with Gasteiger partial charge in [-0.2, -0.15) is 0 Å². The number of carbonyl (C=O) groups is 1. The minimum atomic E-state index is -0.896. The van der Waals surface area contributed by atoms with Gasteiger partial charge in [0.25, 0.3) is 0 Å². The molecule has 1 saturated carbocycles. The van der Waals surface area contributed by atoms with Gasteiger partial charge in [0, 0.05) is 10.2 Å². The number of aliphatic carboxylic acids is 1. The summed E-state index contributed by atoms with van der Waals surface area (Å²) >= 11 is 9.22. The molecule has 1 unspecified atom stereocenters. The Morgan fingerprint density at radius 2 is 2.24 bits per heavy atom. The predicted octanol–water partition coefficient (Wildman–Crippen LogP) is 3.77. The highest BCUT2D eigenvalue weighted by Gasteiger charge is 2.47. The van der Waals surface area contributed by atoms with Gasteiger partial charge in [0.1, 0.15) is 5.54 Å². The number of carboxylic acids is 1. The van der Waals surface area contributed by atoms with E-state index in [-0.39, 0.29) is 5.92 Å². The van der Waals surface area contributed by atoms with E-state index in [1.165, 1.54) is 0 Å². The van der Waals surface area contributed by atoms with Crippen LogP contribution >= 0.6 is 27.5 Å². The van der Waals surface area contributed by atoms with Crippen molar-refractivity contribution in [2.24, 2.45) is 5.92 Å². The molecule has 1 aliphatic rings. The second-order valence-electron chi connectivity index (χ2n) is 4.54. The van der Waals surface area contributed by atoms with Crippen LogP contribution in [0.3, 0.4) is 0 Å². The molecule has 1 fully saturated rings. The fraction of sp³-hybridized carbons (Fsp3) is 0.417. The number of halogens is 2. The summed E-state index contributed by atoms with van der Waals surface area (Å²) in [6.07, 6.45) is 1.93. The third-order valence-electron chi connectivity index (χ3n) is 3.16. The molecule has 0 bridgehead atoms. The quantitative estimate of drug-likeness (QED) is 0.888. The standard InChI is InChI=1S/C12H13BrClNO2/c1-12(11(16)17,7-2-3-7)15-8-4-5-10(14)9(13)6-8/h4-7,15H,2-3H2,1H3,(H,16,17). The summed E-state index contributed by atoms with van der Waals surface area (Å²) in [5, 5.41) is 13.0. The van der Waals surface area contributed by atoms with Gasteiger partial charge in [-0.05, 0) is 59.8 Å². The van der Waals surface area contributed by atoms with E-state index in [1.807, 2.05) is 0 Å². The topological polar surface area (TPSA) is 49.3 Å². The van der Waals surface area contributed by atoms with Crippen LogP contribution in [0.15, 0.2) is 22.7 Å². The van der Waals surface area contributed by atoms with Gasteiger partial charge in [-0.3, -0.25) is 0 Å². The third kappa shape index (κ3) is 2.58. The first-order chi connectivity index (χ1) is 7.93. The van der Waals surface area contributed by atoms with Crippen molar-refractivity contribution < 1.29 is 9.90 Å². The molecule has 0 saturated heterocycles. The fourth-order valence-corrected chi connectivity index (χ4v) is 2.36. The lowest BCUT2D eigenvalue weighted by atomic mass is 9.95. The average Bonchev–Trinajstić information content (AvgIpc) is 3.07. The lowest BCUT2D eigenvalue weighted by molar-refractivity contribution is -0.142. The maximum absolute atomic E-state index is 11.4. The van der Waals surface area contributed by atoms with Crippen LogP contribution in [0.1, 0.15) is 19.8 Å². The minimum absolute atomic E-state index is 0.203. The zero-order valence-corrected chi connectivity index (χ0v) is 11.7. The van der Waals surface area contributed by atoms with Crippen LogP contribution in [-0.2, 0) is 4.79 Å². The molecule has 5 heteroatoms. The highest BCUT2D eigenvalue weighted by Crippen LogP contribution is 2.42. The maximum atomic E-state index is 11.4. The Kier molecular flexibility index (Phi) is 3.36.